The van der Waals surface area contributed by atoms with Gasteiger partial charge in [-0.3, -0.25) is 9.59 Å². The molecule has 1 aliphatic rings. The molecule has 1 fully saturated rings. The Balaban J connectivity index is 1.76. The first kappa shape index (κ1) is 15.6. The molecule has 21 heavy (non-hydrogen) atoms. The van der Waals surface area contributed by atoms with Crippen molar-refractivity contribution in [1.82, 2.24) is 9.88 Å². The number of hydrogen-bond donors (Lipinski definition) is 2. The quantitative estimate of drug-likeness (QED) is 0.774. The number of carboxylic acid groups (broad SMARTS) is 1. The van der Waals surface area contributed by atoms with Gasteiger partial charge < -0.3 is 15.0 Å². The van der Waals surface area contributed by atoms with Crippen molar-refractivity contribution < 1.29 is 14.7 Å². The summed E-state index contributed by atoms with van der Waals surface area (Å²) in [5.41, 5.74) is 0.725. The van der Waals surface area contributed by atoms with Gasteiger partial charge in [0.2, 0.25) is 0 Å². The van der Waals surface area contributed by atoms with Gasteiger partial charge in [-0.2, -0.15) is 0 Å². The Bertz CT molecular complexity index is 505. The summed E-state index contributed by atoms with van der Waals surface area (Å²) < 4.78 is 2.05. The van der Waals surface area contributed by atoms with E-state index in [2.05, 4.69) is 9.88 Å². The van der Waals surface area contributed by atoms with Crippen LogP contribution < -0.4 is 5.32 Å². The van der Waals surface area contributed by atoms with Gasteiger partial charge in [0, 0.05) is 18.3 Å². The first-order chi connectivity index (χ1) is 9.99. The van der Waals surface area contributed by atoms with Gasteiger partial charge in [-0.15, -0.1) is 0 Å². The van der Waals surface area contributed by atoms with Gasteiger partial charge in [0.25, 0.3) is 5.91 Å². The van der Waals surface area contributed by atoms with Gasteiger partial charge in [-0.05, 0) is 44.7 Å². The largest absolute Gasteiger partial charge is 0.481 e. The van der Waals surface area contributed by atoms with Crippen molar-refractivity contribution in [1.29, 1.82) is 0 Å². The van der Waals surface area contributed by atoms with E-state index in [1.165, 1.54) is 0 Å². The molecule has 1 heterocycles. The summed E-state index contributed by atoms with van der Waals surface area (Å²) >= 11 is 0. The first-order valence-electron chi connectivity index (χ1n) is 7.69. The van der Waals surface area contributed by atoms with Crippen molar-refractivity contribution in [3.8, 4) is 0 Å². The van der Waals surface area contributed by atoms with Gasteiger partial charge in [0.05, 0.1) is 5.92 Å². The highest BCUT2D eigenvalue weighted by atomic mass is 16.4. The second-order valence-corrected chi connectivity index (χ2v) is 6.08. The van der Waals surface area contributed by atoms with E-state index < -0.39 is 5.97 Å². The minimum absolute atomic E-state index is 0.0364. The molecule has 1 aliphatic carbocycles. The Morgan fingerprint density at radius 2 is 2.10 bits per heavy atom. The van der Waals surface area contributed by atoms with E-state index in [0.29, 0.717) is 12.5 Å². The number of amides is 1. The Hall–Kier alpha value is -1.78. The van der Waals surface area contributed by atoms with Gasteiger partial charge >= 0.3 is 5.97 Å². The van der Waals surface area contributed by atoms with E-state index in [4.69, 9.17) is 5.11 Å². The minimum atomic E-state index is -0.756. The predicted molar refractivity (Wildman–Crippen MR) is 80.3 cm³/mol. The third-order valence-corrected chi connectivity index (χ3v) is 4.03. The molecule has 1 saturated carbocycles. The number of aromatic nitrogens is 1. The predicted octanol–water partition coefficient (Wildman–Crippen LogP) is 2.83. The molecule has 0 aliphatic heterocycles. The zero-order chi connectivity index (χ0) is 15.4. The van der Waals surface area contributed by atoms with Crippen LogP contribution in [0.4, 0.5) is 0 Å². The topological polar surface area (TPSA) is 71.3 Å². The number of nitrogens with zero attached hydrogens (tertiary/aromatic N) is 1. The molecular formula is C16H24N2O3. The van der Waals surface area contributed by atoms with Crippen LogP contribution in [-0.4, -0.2) is 27.6 Å². The molecular weight excluding hydrogens is 268 g/mol. The highest BCUT2D eigenvalue weighted by molar-refractivity contribution is 5.93. The van der Waals surface area contributed by atoms with Gasteiger partial charge in [0.1, 0.15) is 5.69 Å². The Morgan fingerprint density at radius 1 is 1.38 bits per heavy atom. The molecule has 2 N–H and O–H groups in total. The van der Waals surface area contributed by atoms with Gasteiger partial charge in [0.15, 0.2) is 0 Å². The second kappa shape index (κ2) is 6.78. The van der Waals surface area contributed by atoms with Crippen LogP contribution >= 0.6 is 0 Å². The van der Waals surface area contributed by atoms with E-state index >= 15 is 0 Å². The van der Waals surface area contributed by atoms with Crippen LogP contribution in [0.2, 0.25) is 0 Å². The molecule has 116 valence electrons. The lowest BCUT2D eigenvalue weighted by Crippen LogP contribution is -2.33. The molecule has 0 radical (unpaired) electrons. The number of carboxylic acids is 1. The maximum Gasteiger partial charge on any atom is 0.306 e. The summed E-state index contributed by atoms with van der Waals surface area (Å²) in [5.74, 6) is -1.11. The second-order valence-electron chi connectivity index (χ2n) is 6.08. The summed E-state index contributed by atoms with van der Waals surface area (Å²) in [7, 11) is 0. The zero-order valence-electron chi connectivity index (χ0n) is 12.7. The molecule has 1 aromatic heterocycles. The summed E-state index contributed by atoms with van der Waals surface area (Å²) in [6.07, 6.45) is 6.51. The zero-order valence-corrected chi connectivity index (χ0v) is 12.7. The third-order valence-electron chi connectivity index (χ3n) is 4.03. The maximum atomic E-state index is 12.2. The van der Waals surface area contributed by atoms with Gasteiger partial charge in [-0.25, -0.2) is 0 Å². The van der Waals surface area contributed by atoms with Crippen molar-refractivity contribution in [2.24, 2.45) is 5.92 Å². The summed E-state index contributed by atoms with van der Waals surface area (Å²) in [4.78, 5) is 23.0. The molecule has 1 amide bonds. The fourth-order valence-corrected chi connectivity index (χ4v) is 2.48. The molecule has 0 spiro atoms. The van der Waals surface area contributed by atoms with E-state index in [-0.39, 0.29) is 17.9 Å². The lowest BCUT2D eigenvalue weighted by molar-refractivity contribution is -0.141. The molecule has 0 bridgehead atoms. The number of aliphatic carboxylic acids is 1. The molecule has 0 saturated heterocycles. The van der Waals surface area contributed by atoms with Crippen LogP contribution in [0.3, 0.4) is 0 Å². The van der Waals surface area contributed by atoms with Crippen LogP contribution in [0.15, 0.2) is 18.3 Å². The number of hydrogen-bond acceptors (Lipinski definition) is 2. The lowest BCUT2D eigenvalue weighted by Gasteiger charge is -2.15. The molecule has 5 heteroatoms. The first-order valence-corrected chi connectivity index (χ1v) is 7.69. The number of nitrogens with one attached hydrogen (secondary N) is 1. The molecule has 0 aromatic carbocycles. The van der Waals surface area contributed by atoms with Crippen LogP contribution in [-0.2, 0) is 4.79 Å². The summed E-state index contributed by atoms with van der Waals surface area (Å²) in [6.45, 7) is 3.68. The smallest absolute Gasteiger partial charge is 0.306 e. The van der Waals surface area contributed by atoms with E-state index in [1.807, 2.05) is 25.3 Å². The summed E-state index contributed by atoms with van der Waals surface area (Å²) in [6, 6.07) is 4.31. The maximum absolute atomic E-state index is 12.2. The Kier molecular flexibility index (Phi) is 5.04. The van der Waals surface area contributed by atoms with Crippen molar-refractivity contribution in [2.75, 3.05) is 0 Å². The van der Waals surface area contributed by atoms with Crippen molar-refractivity contribution in [3.05, 3.63) is 24.0 Å². The lowest BCUT2D eigenvalue weighted by atomic mass is 10.0. The van der Waals surface area contributed by atoms with Crippen molar-refractivity contribution in [2.45, 2.75) is 58.0 Å². The number of rotatable bonds is 8. The van der Waals surface area contributed by atoms with Crippen molar-refractivity contribution >= 4 is 11.9 Å². The fourth-order valence-electron chi connectivity index (χ4n) is 2.48. The SMILES string of the molecule is CC(CCCC(C)C(=O)O)NC(=O)c1cccn1C1CC1. The van der Waals surface area contributed by atoms with Crippen LogP contribution in [0, 0.1) is 5.92 Å². The molecule has 2 rings (SSSR count). The highest BCUT2D eigenvalue weighted by Crippen LogP contribution is 2.35. The fraction of sp³-hybridized carbons (Fsp3) is 0.625. The number of carbonyl (C=O) groups is 2. The van der Waals surface area contributed by atoms with E-state index in [9.17, 15) is 9.59 Å². The van der Waals surface area contributed by atoms with Crippen molar-refractivity contribution in [3.63, 3.8) is 0 Å². The van der Waals surface area contributed by atoms with Crippen LogP contribution in [0.5, 0.6) is 0 Å². The third kappa shape index (κ3) is 4.34. The Morgan fingerprint density at radius 3 is 2.71 bits per heavy atom. The van der Waals surface area contributed by atoms with Crippen LogP contribution in [0.1, 0.15) is 62.5 Å². The van der Waals surface area contributed by atoms with Crippen LogP contribution in [0.25, 0.3) is 0 Å². The molecule has 1 aromatic rings. The Labute approximate surface area is 125 Å². The van der Waals surface area contributed by atoms with Gasteiger partial charge in [-0.1, -0.05) is 13.3 Å². The normalized spacial score (nSPS) is 17.2. The average molecular weight is 292 g/mol. The highest BCUT2D eigenvalue weighted by Gasteiger charge is 2.27. The standard InChI is InChI=1S/C16H24N2O3/c1-11(16(20)21)5-3-6-12(2)17-15(19)14-7-4-10-18(14)13-8-9-13/h4,7,10-13H,3,5-6,8-9H2,1-2H3,(H,17,19)(H,20,21). The number of carbonyl (C=O) groups excluding carboxylic acids is 1. The average Bonchev–Trinajstić information content (AvgIpc) is 3.15. The summed E-state index contributed by atoms with van der Waals surface area (Å²) in [5, 5.41) is 11.8. The molecule has 5 nitrogen and oxygen atoms in total. The molecule has 2 atom stereocenters. The van der Waals surface area contributed by atoms with E-state index in [0.717, 1.165) is 31.4 Å². The van der Waals surface area contributed by atoms with E-state index in [1.54, 1.807) is 6.92 Å². The molecule has 2 unspecified atom stereocenters. The monoisotopic (exact) mass is 292 g/mol. The minimum Gasteiger partial charge on any atom is -0.481 e.